The van der Waals surface area contributed by atoms with Crippen molar-refractivity contribution in [2.75, 3.05) is 55.6 Å². The van der Waals surface area contributed by atoms with Gasteiger partial charge in [0.15, 0.2) is 0 Å². The number of benzene rings is 4. The van der Waals surface area contributed by atoms with Crippen molar-refractivity contribution in [3.63, 3.8) is 0 Å². The van der Waals surface area contributed by atoms with Crippen molar-refractivity contribution in [1.29, 1.82) is 0 Å². The summed E-state index contributed by atoms with van der Waals surface area (Å²) in [5.41, 5.74) is 9.38. The number of hydrogen-bond donors (Lipinski definition) is 2. The maximum absolute atomic E-state index is 13.2. The van der Waals surface area contributed by atoms with E-state index in [0.29, 0.717) is 42.0 Å². The summed E-state index contributed by atoms with van der Waals surface area (Å²) in [5, 5.41) is 12.7. The number of amides is 3. The summed E-state index contributed by atoms with van der Waals surface area (Å²) in [5.74, 6) is 1.35. The molecule has 5 aliphatic rings. The van der Waals surface area contributed by atoms with Crippen LogP contribution in [0.1, 0.15) is 82.6 Å². The molecule has 4 atom stereocenters. The highest BCUT2D eigenvalue weighted by Gasteiger charge is 2.40. The Labute approximate surface area is 323 Å². The average Bonchev–Trinajstić information content (AvgIpc) is 3.53. The number of phenols is 1. The molecule has 4 aromatic rings. The molecule has 1 aliphatic carbocycles. The highest BCUT2D eigenvalue weighted by molar-refractivity contribution is 6.05. The molecule has 9 rings (SSSR count). The van der Waals surface area contributed by atoms with Crippen molar-refractivity contribution < 1.29 is 19.5 Å². The zero-order valence-electron chi connectivity index (χ0n) is 31.7. The van der Waals surface area contributed by atoms with E-state index in [1.54, 1.807) is 4.90 Å². The Kier molecular flexibility index (Phi) is 9.58. The van der Waals surface area contributed by atoms with Crippen molar-refractivity contribution in [2.24, 2.45) is 11.8 Å². The number of carbonyl (C=O) groups is 3. The predicted molar refractivity (Wildman–Crippen MR) is 215 cm³/mol. The number of aromatic hydroxyl groups is 1. The molecule has 0 aromatic heterocycles. The van der Waals surface area contributed by atoms with E-state index in [1.807, 2.05) is 24.3 Å². The largest absolute Gasteiger partial charge is 0.508 e. The van der Waals surface area contributed by atoms with E-state index >= 15 is 0 Å². The number of hydrogen-bond acceptors (Lipinski definition) is 7. The van der Waals surface area contributed by atoms with Gasteiger partial charge in [-0.2, -0.15) is 0 Å². The molecule has 2 N–H and O–H groups in total. The van der Waals surface area contributed by atoms with Crippen LogP contribution < -0.4 is 15.1 Å². The molecule has 4 heterocycles. The fourth-order valence-electron chi connectivity index (χ4n) is 10.2. The van der Waals surface area contributed by atoms with Crippen molar-refractivity contribution in [3.8, 4) is 5.75 Å². The van der Waals surface area contributed by atoms with Gasteiger partial charge in [0, 0.05) is 81.6 Å². The number of piperazine rings is 1. The zero-order valence-corrected chi connectivity index (χ0v) is 31.7. The summed E-state index contributed by atoms with van der Waals surface area (Å²) in [7, 11) is 0. The Bertz CT molecular complexity index is 2070. The predicted octanol–water partition coefficient (Wildman–Crippen LogP) is 6.30. The first-order valence-electron chi connectivity index (χ1n) is 20.3. The Hall–Kier alpha value is -5.15. The minimum absolute atomic E-state index is 0.122. The Morgan fingerprint density at radius 1 is 0.727 bits per heavy atom. The van der Waals surface area contributed by atoms with Gasteiger partial charge in [-0.15, -0.1) is 0 Å². The Balaban J connectivity index is 0.788. The van der Waals surface area contributed by atoms with E-state index in [-0.39, 0.29) is 30.1 Å². The molecule has 0 unspecified atom stereocenters. The number of nitrogens with zero attached hydrogens (tertiary/aromatic N) is 4. The number of rotatable bonds is 7. The van der Waals surface area contributed by atoms with Gasteiger partial charge in [-0.25, -0.2) is 0 Å². The molecule has 9 heteroatoms. The van der Waals surface area contributed by atoms with E-state index in [2.05, 4.69) is 93.7 Å². The molecule has 0 spiro atoms. The van der Waals surface area contributed by atoms with Crippen molar-refractivity contribution >= 4 is 29.1 Å². The number of anilines is 2. The topological polar surface area (TPSA) is 96.4 Å². The summed E-state index contributed by atoms with van der Waals surface area (Å²) < 4.78 is 0. The third kappa shape index (κ3) is 6.99. The third-order valence-electron chi connectivity index (χ3n) is 13.2. The molecule has 3 fully saturated rings. The summed E-state index contributed by atoms with van der Waals surface area (Å²) in [4.78, 5) is 46.5. The number of carbonyl (C=O) groups excluding carboxylic acids is 3. The van der Waals surface area contributed by atoms with Gasteiger partial charge in [-0.3, -0.25) is 24.6 Å². The van der Waals surface area contributed by atoms with E-state index < -0.39 is 6.04 Å². The summed E-state index contributed by atoms with van der Waals surface area (Å²) in [6.45, 7) is 9.99. The van der Waals surface area contributed by atoms with Crippen LogP contribution in [-0.2, 0) is 22.6 Å². The van der Waals surface area contributed by atoms with Crippen LogP contribution in [0, 0.1) is 11.8 Å². The molecule has 0 radical (unpaired) electrons. The van der Waals surface area contributed by atoms with Gasteiger partial charge in [-0.1, -0.05) is 55.5 Å². The van der Waals surface area contributed by atoms with Crippen LogP contribution in [0.3, 0.4) is 0 Å². The van der Waals surface area contributed by atoms with Gasteiger partial charge >= 0.3 is 0 Å². The molecule has 4 aromatic carbocycles. The van der Waals surface area contributed by atoms with Gasteiger partial charge < -0.3 is 19.8 Å². The maximum atomic E-state index is 13.2. The smallest absolute Gasteiger partial charge is 0.255 e. The quantitative estimate of drug-likeness (QED) is 0.215. The number of imide groups is 1. The molecular weight excluding hydrogens is 687 g/mol. The molecule has 55 heavy (non-hydrogen) atoms. The van der Waals surface area contributed by atoms with E-state index in [4.69, 9.17) is 0 Å². The molecule has 4 aliphatic heterocycles. The highest BCUT2D eigenvalue weighted by Crippen LogP contribution is 2.49. The fraction of sp³-hybridized carbons (Fsp3) is 0.413. The van der Waals surface area contributed by atoms with Crippen molar-refractivity contribution in [2.45, 2.75) is 63.5 Å². The second-order valence-electron chi connectivity index (χ2n) is 16.5. The normalized spacial score (nSPS) is 24.8. The fourth-order valence-corrected chi connectivity index (χ4v) is 10.2. The molecule has 0 saturated carbocycles. The van der Waals surface area contributed by atoms with Crippen LogP contribution in [0.2, 0.25) is 0 Å². The van der Waals surface area contributed by atoms with Crippen LogP contribution in [0.5, 0.6) is 5.75 Å². The Morgan fingerprint density at radius 3 is 2.20 bits per heavy atom. The number of piperidine rings is 2. The first kappa shape index (κ1) is 35.5. The maximum Gasteiger partial charge on any atom is 0.255 e. The van der Waals surface area contributed by atoms with Crippen LogP contribution >= 0.6 is 0 Å². The summed E-state index contributed by atoms with van der Waals surface area (Å²) in [6.07, 6.45) is 3.99. The zero-order chi connectivity index (χ0) is 37.6. The lowest BCUT2D eigenvalue weighted by Crippen LogP contribution is -2.52. The lowest BCUT2D eigenvalue weighted by Gasteiger charge is -2.40. The first-order chi connectivity index (χ1) is 26.8. The van der Waals surface area contributed by atoms with Gasteiger partial charge in [0.1, 0.15) is 11.8 Å². The first-order valence-corrected chi connectivity index (χ1v) is 20.3. The van der Waals surface area contributed by atoms with Gasteiger partial charge in [0.2, 0.25) is 11.8 Å². The minimum atomic E-state index is -0.586. The average molecular weight is 738 g/mol. The monoisotopic (exact) mass is 737 g/mol. The van der Waals surface area contributed by atoms with Gasteiger partial charge in [0.05, 0.1) is 0 Å². The van der Waals surface area contributed by atoms with E-state index in [9.17, 15) is 19.5 Å². The lowest BCUT2D eigenvalue weighted by molar-refractivity contribution is -0.136. The minimum Gasteiger partial charge on any atom is -0.508 e. The van der Waals surface area contributed by atoms with E-state index in [0.717, 1.165) is 63.5 Å². The molecule has 3 amide bonds. The SMILES string of the molecule is C[C@H]1Cc2cc(O)ccc2[C@H](c2ccc(N3CCC(CN4CCN(c5ccc6c(c5)CN([C@H]5CCC(=O)NC5=O)C6=O)CC4)CC3)cc2)[C@@H]1c1ccccc1. The van der Waals surface area contributed by atoms with Crippen LogP contribution in [-0.4, -0.2) is 84.5 Å². The van der Waals surface area contributed by atoms with Crippen molar-refractivity contribution in [3.05, 3.63) is 124 Å². The standard InChI is InChI=1S/C46H51N5O4/c1-30-25-34-27-38(52)12-14-39(34)44(43(30)32-5-3-2-4-6-32)33-7-9-36(10-8-33)49-19-17-31(18-20-49)28-48-21-23-50(24-22-48)37-11-13-40-35(26-37)29-51(46(40)55)41-15-16-42(53)47-45(41)54/h2-14,26-27,30-31,41,43-44,52H,15-25,28-29H2,1H3,(H,47,53,54)/t30-,41-,43-,44-/m0/s1. The second kappa shape index (κ2) is 14.8. The highest BCUT2D eigenvalue weighted by atomic mass is 16.3. The molecule has 9 nitrogen and oxygen atoms in total. The number of fused-ring (bicyclic) bond motifs is 2. The summed E-state index contributed by atoms with van der Waals surface area (Å²) in [6, 6.07) is 31.8. The molecule has 284 valence electrons. The lowest BCUT2D eigenvalue weighted by atomic mass is 9.64. The Morgan fingerprint density at radius 2 is 1.45 bits per heavy atom. The number of phenolic OH excluding ortho intramolecular Hbond substituents is 1. The molecule has 0 bridgehead atoms. The van der Waals surface area contributed by atoms with Gasteiger partial charge in [-0.05, 0) is 114 Å². The second-order valence-corrected chi connectivity index (χ2v) is 16.5. The molecular formula is C46H51N5O4. The third-order valence-corrected chi connectivity index (χ3v) is 13.2. The number of nitrogens with one attached hydrogen (secondary N) is 1. The van der Waals surface area contributed by atoms with Gasteiger partial charge in [0.25, 0.3) is 5.91 Å². The van der Waals surface area contributed by atoms with E-state index in [1.165, 1.54) is 40.8 Å². The van der Waals surface area contributed by atoms with Crippen molar-refractivity contribution in [1.82, 2.24) is 15.1 Å². The van der Waals surface area contributed by atoms with Crippen LogP contribution in [0.4, 0.5) is 11.4 Å². The summed E-state index contributed by atoms with van der Waals surface area (Å²) >= 11 is 0. The van der Waals surface area contributed by atoms with Crippen LogP contribution in [0.25, 0.3) is 0 Å². The molecule has 3 saturated heterocycles. The van der Waals surface area contributed by atoms with Crippen LogP contribution in [0.15, 0.2) is 91.0 Å².